The van der Waals surface area contributed by atoms with Gasteiger partial charge in [0.15, 0.2) is 5.03 Å². The quantitative estimate of drug-likeness (QED) is 0.661. The second kappa shape index (κ2) is 8.48. The molecule has 1 heterocycles. The van der Waals surface area contributed by atoms with Crippen LogP contribution in [-0.4, -0.2) is 35.3 Å². The number of benzene rings is 2. The summed E-state index contributed by atoms with van der Waals surface area (Å²) < 4.78 is 5.30. The van der Waals surface area contributed by atoms with Crippen LogP contribution in [0, 0.1) is 0 Å². The van der Waals surface area contributed by atoms with Gasteiger partial charge in [0.25, 0.3) is 0 Å². The fourth-order valence-corrected chi connectivity index (χ4v) is 3.16. The minimum absolute atomic E-state index is 0.0297. The van der Waals surface area contributed by atoms with Crippen LogP contribution in [0.1, 0.15) is 5.56 Å². The number of carbonyl (C=O) groups excluding carboxylic acids is 1. The molecule has 3 rings (SSSR count). The van der Waals surface area contributed by atoms with Gasteiger partial charge in [0.2, 0.25) is 11.8 Å². The van der Waals surface area contributed by atoms with Crippen molar-refractivity contribution in [2.75, 3.05) is 19.4 Å². The Morgan fingerprint density at radius 2 is 1.72 bits per heavy atom. The number of hydrogen-bond donors (Lipinski definition) is 1. The van der Waals surface area contributed by atoms with Crippen LogP contribution in [0.5, 0.6) is 5.88 Å². The highest BCUT2D eigenvalue weighted by Gasteiger charge is 2.12. The van der Waals surface area contributed by atoms with E-state index in [0.29, 0.717) is 17.5 Å². The summed E-state index contributed by atoms with van der Waals surface area (Å²) in [5.74, 6) is 0.691. The van der Waals surface area contributed by atoms with Gasteiger partial charge in [0.05, 0.1) is 23.9 Å². The van der Waals surface area contributed by atoms with E-state index in [1.165, 1.54) is 17.3 Å². The molecule has 0 bridgehead atoms. The number of nitrogens with one attached hydrogen (secondary N) is 1. The lowest BCUT2D eigenvalue weighted by molar-refractivity contribution is -0.118. The van der Waals surface area contributed by atoms with Gasteiger partial charge in [-0.1, -0.05) is 54.2 Å². The summed E-state index contributed by atoms with van der Waals surface area (Å²) >= 11 is 1.33. The Morgan fingerprint density at radius 1 is 1.04 bits per heavy atom. The molecule has 0 saturated carbocycles. The molecule has 0 spiro atoms. The lowest BCUT2D eigenvalue weighted by atomic mass is 10.1. The zero-order chi connectivity index (χ0) is 17.5. The summed E-state index contributed by atoms with van der Waals surface area (Å²) in [6.45, 7) is 0.615. The monoisotopic (exact) mass is 353 g/mol. The van der Waals surface area contributed by atoms with Crippen LogP contribution in [0.2, 0.25) is 0 Å². The Labute approximate surface area is 150 Å². The Bertz CT molecular complexity index is 856. The summed E-state index contributed by atoms with van der Waals surface area (Å²) in [7, 11) is 1.56. The Kier molecular flexibility index (Phi) is 5.85. The van der Waals surface area contributed by atoms with E-state index in [-0.39, 0.29) is 11.7 Å². The van der Waals surface area contributed by atoms with Crippen molar-refractivity contribution in [1.29, 1.82) is 0 Å². The zero-order valence-electron chi connectivity index (χ0n) is 13.9. The first-order valence-corrected chi connectivity index (χ1v) is 8.99. The fourth-order valence-electron chi connectivity index (χ4n) is 2.37. The molecule has 2 aromatic carbocycles. The number of hydrogen-bond acceptors (Lipinski definition) is 5. The minimum atomic E-state index is -0.0297. The third kappa shape index (κ3) is 4.70. The minimum Gasteiger partial charge on any atom is -0.479 e. The van der Waals surface area contributed by atoms with Crippen LogP contribution >= 0.6 is 11.8 Å². The van der Waals surface area contributed by atoms with Gasteiger partial charge >= 0.3 is 0 Å². The number of para-hydroxylation sites is 2. The maximum absolute atomic E-state index is 12.0. The summed E-state index contributed by atoms with van der Waals surface area (Å²) in [5.41, 5.74) is 2.77. The SMILES string of the molecule is COc1nc2ccccc2nc1SCC(=O)NCCc1ccccc1. The fraction of sp³-hybridized carbons (Fsp3) is 0.211. The van der Waals surface area contributed by atoms with E-state index in [9.17, 15) is 4.79 Å². The van der Waals surface area contributed by atoms with E-state index in [1.54, 1.807) is 7.11 Å². The molecule has 1 aromatic heterocycles. The van der Waals surface area contributed by atoms with Crippen LogP contribution in [0.4, 0.5) is 0 Å². The Morgan fingerprint density at radius 3 is 2.44 bits per heavy atom. The molecule has 1 amide bonds. The van der Waals surface area contributed by atoms with Gasteiger partial charge in [0, 0.05) is 6.54 Å². The molecule has 0 fully saturated rings. The second-order valence-corrected chi connectivity index (χ2v) is 6.37. The molecule has 0 saturated heterocycles. The van der Waals surface area contributed by atoms with Crippen molar-refractivity contribution < 1.29 is 9.53 Å². The summed E-state index contributed by atoms with van der Waals surface area (Å²) in [6, 6.07) is 17.7. The number of carbonyl (C=O) groups is 1. The Hall–Kier alpha value is -2.60. The molecule has 0 radical (unpaired) electrons. The van der Waals surface area contributed by atoms with Crippen LogP contribution < -0.4 is 10.1 Å². The first kappa shape index (κ1) is 17.2. The summed E-state index contributed by atoms with van der Waals surface area (Å²) in [4.78, 5) is 21.0. The van der Waals surface area contributed by atoms with Gasteiger partial charge in [-0.2, -0.15) is 0 Å². The third-order valence-electron chi connectivity index (χ3n) is 3.62. The molecule has 0 atom stereocenters. The van der Waals surface area contributed by atoms with Crippen LogP contribution in [-0.2, 0) is 11.2 Å². The first-order valence-electron chi connectivity index (χ1n) is 8.00. The Balaban J connectivity index is 1.55. The topological polar surface area (TPSA) is 64.1 Å². The van der Waals surface area contributed by atoms with Crippen LogP contribution in [0.3, 0.4) is 0 Å². The van der Waals surface area contributed by atoms with Gasteiger partial charge in [-0.15, -0.1) is 0 Å². The normalized spacial score (nSPS) is 10.6. The molecular weight excluding hydrogens is 334 g/mol. The maximum atomic E-state index is 12.0. The molecule has 3 aromatic rings. The lowest BCUT2D eigenvalue weighted by Crippen LogP contribution is -2.27. The number of amides is 1. The van der Waals surface area contributed by atoms with Gasteiger partial charge in [-0.25, -0.2) is 9.97 Å². The van der Waals surface area contributed by atoms with Gasteiger partial charge in [-0.05, 0) is 24.1 Å². The smallest absolute Gasteiger partial charge is 0.247 e. The lowest BCUT2D eigenvalue weighted by Gasteiger charge is -2.08. The standard InChI is InChI=1S/C19H19N3O2S/c1-24-18-19(22-16-10-6-5-9-15(16)21-18)25-13-17(23)20-12-11-14-7-3-2-4-8-14/h2-10H,11-13H2,1H3,(H,20,23). The van der Waals surface area contributed by atoms with Gasteiger partial charge < -0.3 is 10.1 Å². The van der Waals surface area contributed by atoms with Crippen molar-refractivity contribution in [2.24, 2.45) is 0 Å². The van der Waals surface area contributed by atoms with Crippen LogP contribution in [0.15, 0.2) is 59.6 Å². The average molecular weight is 353 g/mol. The van der Waals surface area contributed by atoms with E-state index in [4.69, 9.17) is 4.74 Å². The highest BCUT2D eigenvalue weighted by molar-refractivity contribution is 8.00. The number of thioether (sulfide) groups is 1. The van der Waals surface area contributed by atoms with Crippen molar-refractivity contribution in [3.05, 3.63) is 60.2 Å². The molecule has 0 aliphatic rings. The van der Waals surface area contributed by atoms with E-state index < -0.39 is 0 Å². The highest BCUT2D eigenvalue weighted by Crippen LogP contribution is 2.27. The molecule has 0 unspecified atom stereocenters. The van der Waals surface area contributed by atoms with Crippen molar-refractivity contribution >= 4 is 28.7 Å². The number of fused-ring (bicyclic) bond motifs is 1. The number of aromatic nitrogens is 2. The molecule has 25 heavy (non-hydrogen) atoms. The molecular formula is C19H19N3O2S. The first-order chi connectivity index (χ1) is 12.3. The van der Waals surface area contributed by atoms with Gasteiger partial charge in [-0.3, -0.25) is 4.79 Å². The highest BCUT2D eigenvalue weighted by atomic mass is 32.2. The van der Waals surface area contributed by atoms with E-state index in [0.717, 1.165) is 17.5 Å². The van der Waals surface area contributed by atoms with Gasteiger partial charge in [0.1, 0.15) is 0 Å². The van der Waals surface area contributed by atoms with Crippen molar-refractivity contribution in [2.45, 2.75) is 11.4 Å². The molecule has 128 valence electrons. The predicted octanol–water partition coefficient (Wildman–Crippen LogP) is 3.09. The average Bonchev–Trinajstić information content (AvgIpc) is 2.66. The summed E-state index contributed by atoms with van der Waals surface area (Å²) in [6.07, 6.45) is 0.816. The number of nitrogens with zero attached hydrogens (tertiary/aromatic N) is 2. The molecule has 5 nitrogen and oxygen atoms in total. The molecule has 0 aliphatic heterocycles. The van der Waals surface area contributed by atoms with Crippen molar-refractivity contribution in [3.63, 3.8) is 0 Å². The van der Waals surface area contributed by atoms with Crippen molar-refractivity contribution in [3.8, 4) is 5.88 Å². The number of rotatable bonds is 7. The number of ether oxygens (including phenoxy) is 1. The van der Waals surface area contributed by atoms with Crippen molar-refractivity contribution in [1.82, 2.24) is 15.3 Å². The van der Waals surface area contributed by atoms with E-state index >= 15 is 0 Å². The van der Waals surface area contributed by atoms with E-state index in [1.807, 2.05) is 42.5 Å². The summed E-state index contributed by atoms with van der Waals surface area (Å²) in [5, 5.41) is 3.55. The molecule has 0 aliphatic carbocycles. The zero-order valence-corrected chi connectivity index (χ0v) is 14.8. The second-order valence-electron chi connectivity index (χ2n) is 5.40. The largest absolute Gasteiger partial charge is 0.479 e. The third-order valence-corrected chi connectivity index (χ3v) is 4.57. The van der Waals surface area contributed by atoms with E-state index in [2.05, 4.69) is 27.4 Å². The molecule has 1 N–H and O–H groups in total. The van der Waals surface area contributed by atoms with Crippen LogP contribution in [0.25, 0.3) is 11.0 Å². The molecule has 6 heteroatoms. The number of methoxy groups -OCH3 is 1. The maximum Gasteiger partial charge on any atom is 0.247 e. The predicted molar refractivity (Wildman–Crippen MR) is 100.0 cm³/mol.